The number of carbonyl (C=O) groups excluding carboxylic acids is 1. The zero-order chi connectivity index (χ0) is 13.0. The van der Waals surface area contributed by atoms with Crippen LogP contribution in [0.4, 0.5) is 0 Å². The van der Waals surface area contributed by atoms with E-state index in [1.54, 1.807) is 6.08 Å². The van der Waals surface area contributed by atoms with E-state index in [-0.39, 0.29) is 5.78 Å². The lowest BCUT2D eigenvalue weighted by atomic mass is 9.83. The molecule has 0 spiro atoms. The van der Waals surface area contributed by atoms with Crippen molar-refractivity contribution >= 4 is 5.78 Å². The minimum atomic E-state index is -1.37. The van der Waals surface area contributed by atoms with Crippen LogP contribution in [0.5, 0.6) is 0 Å². The largest absolute Gasteiger partial charge is 0.379 e. The molecular weight excluding hydrogens is 228 g/mol. The molecule has 0 radical (unpaired) electrons. The highest BCUT2D eigenvalue weighted by Crippen LogP contribution is 2.28. The van der Waals surface area contributed by atoms with Crippen LogP contribution >= 0.6 is 0 Å². The van der Waals surface area contributed by atoms with Crippen molar-refractivity contribution in [2.45, 2.75) is 38.1 Å². The monoisotopic (exact) mass is 246 g/mol. The van der Waals surface area contributed by atoms with Crippen LogP contribution in [0.1, 0.15) is 25.3 Å². The fourth-order valence-corrected chi connectivity index (χ4v) is 2.15. The molecule has 0 aromatic heterocycles. The summed E-state index contributed by atoms with van der Waals surface area (Å²) in [5, 5.41) is 10.4. The van der Waals surface area contributed by atoms with Crippen LogP contribution in [0.25, 0.3) is 0 Å². The first kappa shape index (κ1) is 13.0. The molecule has 2 rings (SSSR count). The normalized spacial score (nSPS) is 27.1. The molecule has 0 amide bonds. The first-order chi connectivity index (χ1) is 8.63. The standard InChI is InChI=1S/C15H18O3/c1-12(16)15(17)10-6-5-9-14(15)18-11-13-7-3-2-4-8-13/h2-5,7-9,14,17H,6,10-11H2,1H3/t14-,15-/m0/s1. The number of hydrogen-bond acceptors (Lipinski definition) is 3. The molecule has 0 heterocycles. The molecule has 96 valence electrons. The number of carbonyl (C=O) groups is 1. The topological polar surface area (TPSA) is 46.5 Å². The number of allylic oxidation sites excluding steroid dienone is 1. The summed E-state index contributed by atoms with van der Waals surface area (Å²) in [6, 6.07) is 9.73. The molecule has 0 saturated heterocycles. The summed E-state index contributed by atoms with van der Waals surface area (Å²) in [7, 11) is 0. The summed E-state index contributed by atoms with van der Waals surface area (Å²) in [6.45, 7) is 1.81. The van der Waals surface area contributed by atoms with Gasteiger partial charge in [0.2, 0.25) is 0 Å². The third-order valence-electron chi connectivity index (χ3n) is 3.36. The summed E-state index contributed by atoms with van der Waals surface area (Å²) >= 11 is 0. The number of aliphatic hydroxyl groups is 1. The van der Waals surface area contributed by atoms with Gasteiger partial charge in [-0.05, 0) is 25.3 Å². The molecule has 1 aromatic carbocycles. The second-order valence-electron chi connectivity index (χ2n) is 4.66. The van der Waals surface area contributed by atoms with Gasteiger partial charge in [-0.15, -0.1) is 0 Å². The quantitative estimate of drug-likeness (QED) is 0.829. The maximum absolute atomic E-state index is 11.6. The summed E-state index contributed by atoms with van der Waals surface area (Å²) in [6.07, 6.45) is 4.32. The smallest absolute Gasteiger partial charge is 0.164 e. The Balaban J connectivity index is 2.05. The molecule has 1 aromatic rings. The predicted molar refractivity (Wildman–Crippen MR) is 69.0 cm³/mol. The van der Waals surface area contributed by atoms with Crippen LogP contribution in [-0.2, 0) is 16.1 Å². The number of hydrogen-bond donors (Lipinski definition) is 1. The van der Waals surface area contributed by atoms with Crippen molar-refractivity contribution in [1.29, 1.82) is 0 Å². The SMILES string of the molecule is CC(=O)[C@@]1(O)CCC=C[C@@H]1OCc1ccccc1. The van der Waals surface area contributed by atoms with Crippen molar-refractivity contribution in [1.82, 2.24) is 0 Å². The third kappa shape index (κ3) is 2.68. The Morgan fingerprint density at radius 1 is 1.44 bits per heavy atom. The first-order valence-corrected chi connectivity index (χ1v) is 6.18. The highest BCUT2D eigenvalue weighted by Gasteiger charge is 2.41. The third-order valence-corrected chi connectivity index (χ3v) is 3.36. The van der Waals surface area contributed by atoms with Gasteiger partial charge in [0.05, 0.1) is 6.61 Å². The zero-order valence-electron chi connectivity index (χ0n) is 10.5. The maximum atomic E-state index is 11.6. The lowest BCUT2D eigenvalue weighted by Gasteiger charge is -2.34. The highest BCUT2D eigenvalue weighted by atomic mass is 16.5. The van der Waals surface area contributed by atoms with E-state index in [9.17, 15) is 9.90 Å². The first-order valence-electron chi connectivity index (χ1n) is 6.18. The minimum Gasteiger partial charge on any atom is -0.379 e. The average Bonchev–Trinajstić information content (AvgIpc) is 2.39. The van der Waals surface area contributed by atoms with Crippen molar-refractivity contribution in [2.24, 2.45) is 0 Å². The fraction of sp³-hybridized carbons (Fsp3) is 0.400. The van der Waals surface area contributed by atoms with E-state index >= 15 is 0 Å². The molecule has 3 heteroatoms. The van der Waals surface area contributed by atoms with E-state index in [2.05, 4.69) is 0 Å². The molecule has 1 aliphatic carbocycles. The van der Waals surface area contributed by atoms with E-state index in [1.165, 1.54) is 6.92 Å². The van der Waals surface area contributed by atoms with E-state index in [4.69, 9.17) is 4.74 Å². The maximum Gasteiger partial charge on any atom is 0.164 e. The highest BCUT2D eigenvalue weighted by molar-refractivity contribution is 5.86. The summed E-state index contributed by atoms with van der Waals surface area (Å²) in [5.74, 6) is -0.232. The Morgan fingerprint density at radius 3 is 2.83 bits per heavy atom. The van der Waals surface area contributed by atoms with E-state index in [0.717, 1.165) is 5.56 Å². The second-order valence-corrected chi connectivity index (χ2v) is 4.66. The van der Waals surface area contributed by atoms with Crippen LogP contribution < -0.4 is 0 Å². The predicted octanol–water partition coefficient (Wildman–Crippen LogP) is 2.24. The number of ether oxygens (including phenoxy) is 1. The molecule has 0 fully saturated rings. The van der Waals surface area contributed by atoms with Crippen molar-refractivity contribution in [3.63, 3.8) is 0 Å². The molecule has 0 saturated carbocycles. The van der Waals surface area contributed by atoms with Crippen LogP contribution in [0.2, 0.25) is 0 Å². The van der Waals surface area contributed by atoms with Gasteiger partial charge < -0.3 is 9.84 Å². The Kier molecular flexibility index (Phi) is 3.94. The van der Waals surface area contributed by atoms with Crippen LogP contribution in [0.15, 0.2) is 42.5 Å². The number of ketones is 1. The Bertz CT molecular complexity index is 438. The number of rotatable bonds is 4. The van der Waals surface area contributed by atoms with Gasteiger partial charge in [-0.25, -0.2) is 0 Å². The summed E-state index contributed by atoms with van der Waals surface area (Å²) in [5.41, 5.74) is -0.342. The molecule has 0 bridgehead atoms. The average molecular weight is 246 g/mol. The van der Waals surface area contributed by atoms with Crippen molar-refractivity contribution < 1.29 is 14.6 Å². The van der Waals surface area contributed by atoms with Gasteiger partial charge in [-0.2, -0.15) is 0 Å². The fourth-order valence-electron chi connectivity index (χ4n) is 2.15. The van der Waals surface area contributed by atoms with E-state index in [1.807, 2.05) is 36.4 Å². The molecule has 0 aliphatic heterocycles. The van der Waals surface area contributed by atoms with Crippen molar-refractivity contribution in [3.8, 4) is 0 Å². The van der Waals surface area contributed by atoms with Crippen molar-refractivity contribution in [2.75, 3.05) is 0 Å². The summed E-state index contributed by atoms with van der Waals surface area (Å²) in [4.78, 5) is 11.6. The van der Waals surface area contributed by atoms with Gasteiger partial charge in [0.15, 0.2) is 11.4 Å². The molecule has 3 nitrogen and oxygen atoms in total. The van der Waals surface area contributed by atoms with Gasteiger partial charge >= 0.3 is 0 Å². The Morgan fingerprint density at radius 2 is 2.17 bits per heavy atom. The zero-order valence-corrected chi connectivity index (χ0v) is 10.5. The Labute approximate surface area is 107 Å². The molecule has 2 atom stereocenters. The van der Waals surface area contributed by atoms with Gasteiger partial charge in [0.25, 0.3) is 0 Å². The van der Waals surface area contributed by atoms with Gasteiger partial charge in [-0.1, -0.05) is 42.5 Å². The lowest BCUT2D eigenvalue weighted by Crippen LogP contribution is -2.50. The molecule has 0 unspecified atom stereocenters. The van der Waals surface area contributed by atoms with Crippen LogP contribution in [0.3, 0.4) is 0 Å². The van der Waals surface area contributed by atoms with Crippen LogP contribution in [-0.4, -0.2) is 22.6 Å². The van der Waals surface area contributed by atoms with E-state index in [0.29, 0.717) is 19.4 Å². The number of benzene rings is 1. The van der Waals surface area contributed by atoms with Gasteiger partial charge in [0.1, 0.15) is 6.10 Å². The molecule has 1 N–H and O–H groups in total. The minimum absolute atomic E-state index is 0.232. The van der Waals surface area contributed by atoms with Crippen LogP contribution in [0, 0.1) is 0 Å². The lowest BCUT2D eigenvalue weighted by molar-refractivity contribution is -0.152. The number of Topliss-reactive ketones (excluding diaryl/α,β-unsaturated/α-hetero) is 1. The molecule has 1 aliphatic rings. The summed E-state index contributed by atoms with van der Waals surface area (Å²) < 4.78 is 5.69. The van der Waals surface area contributed by atoms with Crippen molar-refractivity contribution in [3.05, 3.63) is 48.0 Å². The molecule has 18 heavy (non-hydrogen) atoms. The second kappa shape index (κ2) is 5.46. The van der Waals surface area contributed by atoms with Gasteiger partial charge in [-0.3, -0.25) is 4.79 Å². The Hall–Kier alpha value is -1.45. The van der Waals surface area contributed by atoms with E-state index < -0.39 is 11.7 Å². The molecular formula is C15H18O3. The van der Waals surface area contributed by atoms with Gasteiger partial charge in [0, 0.05) is 0 Å².